The van der Waals surface area contributed by atoms with Crippen LogP contribution in [0.25, 0.3) is 11.1 Å². The lowest BCUT2D eigenvalue weighted by molar-refractivity contribution is 0.0502. The Balaban J connectivity index is 2.83. The molecule has 0 heterocycles. The van der Waals surface area contributed by atoms with Crippen LogP contribution in [0.2, 0.25) is 0 Å². The van der Waals surface area contributed by atoms with E-state index in [1.165, 1.54) is 0 Å². The van der Waals surface area contributed by atoms with Crippen molar-refractivity contribution in [3.8, 4) is 16.9 Å². The summed E-state index contributed by atoms with van der Waals surface area (Å²) in [5.74, 6) is -0.740. The number of carbonyl (C=O) groups excluding carboxylic acids is 2. The van der Waals surface area contributed by atoms with Gasteiger partial charge in [0.05, 0.1) is 19.8 Å². The van der Waals surface area contributed by atoms with E-state index in [9.17, 15) is 9.59 Å². The Bertz CT molecular complexity index is 779. The number of aryl methyl sites for hydroxylation is 2. The first-order chi connectivity index (χ1) is 12.5. The van der Waals surface area contributed by atoms with Crippen LogP contribution in [0, 0.1) is 13.8 Å². The maximum absolute atomic E-state index is 12.8. The van der Waals surface area contributed by atoms with Crippen LogP contribution in [0.1, 0.15) is 59.0 Å². The Morgan fingerprint density at radius 2 is 1.62 bits per heavy atom. The molecular weight excluding hydrogens is 332 g/mol. The first kappa shape index (κ1) is 19.8. The predicted octanol–water partition coefficient (Wildman–Crippen LogP) is 4.55. The molecule has 0 unspecified atom stereocenters. The van der Waals surface area contributed by atoms with E-state index in [-0.39, 0.29) is 17.9 Å². The van der Waals surface area contributed by atoms with Gasteiger partial charge in [-0.25, -0.2) is 9.59 Å². The molecule has 0 amide bonds. The standard InChI is InChI=1S/C21H26O5/c1-6-11-26-21(23)18-16-14(5)12-13(4)9-10-15(16)17(19(18)24-7-2)20(22)25-8-3/h9-10,12H,6-8,11H2,1-5H3. The second-order valence-electron chi connectivity index (χ2n) is 6.06. The summed E-state index contributed by atoms with van der Waals surface area (Å²) >= 11 is 0. The first-order valence-corrected chi connectivity index (χ1v) is 9.00. The lowest BCUT2D eigenvalue weighted by Crippen LogP contribution is -2.10. The van der Waals surface area contributed by atoms with E-state index < -0.39 is 11.9 Å². The Hall–Kier alpha value is -2.56. The molecule has 26 heavy (non-hydrogen) atoms. The third kappa shape index (κ3) is 3.82. The van der Waals surface area contributed by atoms with E-state index in [0.29, 0.717) is 36.3 Å². The van der Waals surface area contributed by atoms with Crippen LogP contribution in [0.4, 0.5) is 0 Å². The molecule has 0 atom stereocenters. The number of rotatable bonds is 7. The molecular formula is C21H26O5. The zero-order valence-corrected chi connectivity index (χ0v) is 16.1. The van der Waals surface area contributed by atoms with Crippen LogP contribution < -0.4 is 4.74 Å². The second kappa shape index (κ2) is 8.70. The smallest absolute Gasteiger partial charge is 0.342 e. The third-order valence-electron chi connectivity index (χ3n) is 4.00. The number of fused-ring (bicyclic) bond motifs is 1. The van der Waals surface area contributed by atoms with Gasteiger partial charge in [-0.2, -0.15) is 0 Å². The average molecular weight is 358 g/mol. The number of hydrogen-bond acceptors (Lipinski definition) is 5. The van der Waals surface area contributed by atoms with Gasteiger partial charge in [-0.15, -0.1) is 0 Å². The predicted molar refractivity (Wildman–Crippen MR) is 100 cm³/mol. The van der Waals surface area contributed by atoms with E-state index in [1.807, 2.05) is 45.9 Å². The van der Waals surface area contributed by atoms with Gasteiger partial charge in [0.2, 0.25) is 0 Å². The molecule has 0 saturated heterocycles. The Kier molecular flexibility index (Phi) is 6.61. The SMILES string of the molecule is CCCOC(=O)c1c(OCC)c(C(=O)OCC)c2ccc(C)cc(C)c1-2. The molecule has 0 aliphatic heterocycles. The number of carbonyl (C=O) groups is 2. The lowest BCUT2D eigenvalue weighted by atomic mass is 10.0. The summed E-state index contributed by atoms with van der Waals surface area (Å²) < 4.78 is 16.3. The van der Waals surface area contributed by atoms with E-state index >= 15 is 0 Å². The number of hydrogen-bond donors (Lipinski definition) is 0. The quantitative estimate of drug-likeness (QED) is 0.680. The maximum atomic E-state index is 12.8. The van der Waals surface area contributed by atoms with Gasteiger partial charge in [0, 0.05) is 11.1 Å². The molecule has 0 aromatic carbocycles. The highest BCUT2D eigenvalue weighted by Gasteiger charge is 2.34. The van der Waals surface area contributed by atoms with Gasteiger partial charge in [0.15, 0.2) is 0 Å². The molecule has 0 aromatic heterocycles. The van der Waals surface area contributed by atoms with E-state index in [4.69, 9.17) is 14.2 Å². The fraction of sp³-hybridized carbons (Fsp3) is 0.429. The minimum atomic E-state index is -0.501. The molecule has 0 spiro atoms. The largest absolute Gasteiger partial charge is 0.492 e. The third-order valence-corrected chi connectivity index (χ3v) is 4.00. The van der Waals surface area contributed by atoms with Crippen molar-refractivity contribution < 1.29 is 23.8 Å². The van der Waals surface area contributed by atoms with Crippen LogP contribution >= 0.6 is 0 Å². The van der Waals surface area contributed by atoms with Crippen molar-refractivity contribution in [1.82, 2.24) is 0 Å². The van der Waals surface area contributed by atoms with Gasteiger partial charge < -0.3 is 14.2 Å². The summed E-state index contributed by atoms with van der Waals surface area (Å²) in [4.78, 5) is 25.4. The van der Waals surface area contributed by atoms with Crippen molar-refractivity contribution in [2.24, 2.45) is 0 Å². The van der Waals surface area contributed by atoms with E-state index in [2.05, 4.69) is 0 Å². The molecule has 5 nitrogen and oxygen atoms in total. The molecule has 0 radical (unpaired) electrons. The van der Waals surface area contributed by atoms with Crippen molar-refractivity contribution in [2.45, 2.75) is 41.0 Å². The number of esters is 2. The molecule has 0 saturated carbocycles. The highest BCUT2D eigenvalue weighted by molar-refractivity contribution is 6.13. The first-order valence-electron chi connectivity index (χ1n) is 9.00. The monoisotopic (exact) mass is 358 g/mol. The van der Waals surface area contributed by atoms with Gasteiger partial charge in [-0.1, -0.05) is 30.7 Å². The summed E-state index contributed by atoms with van der Waals surface area (Å²) in [7, 11) is 0. The van der Waals surface area contributed by atoms with Gasteiger partial charge in [-0.3, -0.25) is 0 Å². The summed E-state index contributed by atoms with van der Waals surface area (Å²) in [6.07, 6.45) is 0.713. The lowest BCUT2D eigenvalue weighted by Gasteiger charge is -2.09. The minimum absolute atomic E-state index is 0.240. The molecule has 2 rings (SSSR count). The van der Waals surface area contributed by atoms with E-state index in [1.54, 1.807) is 6.92 Å². The fourth-order valence-corrected chi connectivity index (χ4v) is 3.03. The summed E-state index contributed by atoms with van der Waals surface area (Å²) in [6.45, 7) is 10.2. The van der Waals surface area contributed by atoms with Crippen LogP contribution in [0.15, 0.2) is 18.2 Å². The second-order valence-corrected chi connectivity index (χ2v) is 6.06. The molecule has 5 heteroatoms. The molecule has 2 aliphatic carbocycles. The minimum Gasteiger partial charge on any atom is -0.492 e. The topological polar surface area (TPSA) is 61.8 Å². The van der Waals surface area contributed by atoms with Gasteiger partial charge >= 0.3 is 11.9 Å². The van der Waals surface area contributed by atoms with Crippen LogP contribution in [-0.2, 0) is 9.47 Å². The zero-order chi connectivity index (χ0) is 19.3. The molecule has 140 valence electrons. The molecule has 0 aromatic rings. The van der Waals surface area contributed by atoms with Crippen molar-refractivity contribution in [3.05, 3.63) is 40.5 Å². The highest BCUT2D eigenvalue weighted by Crippen LogP contribution is 2.44. The molecule has 0 bridgehead atoms. The average Bonchev–Trinajstić information content (AvgIpc) is 2.85. The molecule has 0 N–H and O–H groups in total. The normalized spacial score (nSPS) is 10.7. The van der Waals surface area contributed by atoms with Crippen molar-refractivity contribution >= 4 is 11.9 Å². The van der Waals surface area contributed by atoms with Gasteiger partial charge in [0.25, 0.3) is 0 Å². The Morgan fingerprint density at radius 3 is 2.23 bits per heavy atom. The highest BCUT2D eigenvalue weighted by atomic mass is 16.5. The van der Waals surface area contributed by atoms with Gasteiger partial charge in [0.1, 0.15) is 16.9 Å². The van der Waals surface area contributed by atoms with Gasteiger partial charge in [-0.05, 0) is 39.7 Å². The Morgan fingerprint density at radius 1 is 0.923 bits per heavy atom. The summed E-state index contributed by atoms with van der Waals surface area (Å²) in [5, 5.41) is 0. The molecule has 0 fully saturated rings. The summed E-state index contributed by atoms with van der Waals surface area (Å²) in [6, 6.07) is 5.72. The fourth-order valence-electron chi connectivity index (χ4n) is 3.03. The maximum Gasteiger partial charge on any atom is 0.342 e. The van der Waals surface area contributed by atoms with Crippen molar-refractivity contribution in [2.75, 3.05) is 19.8 Å². The van der Waals surface area contributed by atoms with Crippen LogP contribution in [0.5, 0.6) is 5.75 Å². The zero-order valence-electron chi connectivity index (χ0n) is 16.1. The van der Waals surface area contributed by atoms with Crippen LogP contribution in [0.3, 0.4) is 0 Å². The van der Waals surface area contributed by atoms with Crippen LogP contribution in [-0.4, -0.2) is 31.8 Å². The van der Waals surface area contributed by atoms with Crippen molar-refractivity contribution in [1.29, 1.82) is 0 Å². The van der Waals surface area contributed by atoms with E-state index in [0.717, 1.165) is 11.1 Å². The number of ether oxygens (including phenoxy) is 3. The van der Waals surface area contributed by atoms with Crippen molar-refractivity contribution in [3.63, 3.8) is 0 Å². The molecule has 2 aliphatic rings. The summed E-state index contributed by atoms with van der Waals surface area (Å²) in [5.41, 5.74) is 3.80. The Labute approximate surface area is 154 Å².